The standard InChI is InChI=1S/C33H63P/c1-28(2,3)31(10)19-13-25(14-20-31)34(26-15-21-32(11,22-16-26)29(4,5)6)27-17-23-33(12,24-18-27)30(7,8)9/h25-27H,13-24H2,1-12H3. The molecule has 1 heteroatoms. The van der Waals surface area contributed by atoms with Crippen molar-refractivity contribution in [2.24, 2.45) is 32.5 Å². The molecular weight excluding hydrogens is 427 g/mol. The van der Waals surface area contributed by atoms with E-state index in [-0.39, 0.29) is 7.92 Å². The lowest BCUT2D eigenvalue weighted by Gasteiger charge is -2.55. The van der Waals surface area contributed by atoms with E-state index in [4.69, 9.17) is 0 Å². The van der Waals surface area contributed by atoms with Crippen LogP contribution >= 0.6 is 7.92 Å². The van der Waals surface area contributed by atoms with E-state index < -0.39 is 0 Å². The lowest BCUT2D eigenvalue weighted by molar-refractivity contribution is 0.0545. The molecule has 0 heterocycles. The van der Waals surface area contributed by atoms with Crippen LogP contribution in [0.4, 0.5) is 0 Å². The molecule has 0 aromatic rings. The van der Waals surface area contributed by atoms with Crippen molar-refractivity contribution < 1.29 is 0 Å². The lowest BCUT2D eigenvalue weighted by Crippen LogP contribution is -2.42. The maximum absolute atomic E-state index is 2.61. The van der Waals surface area contributed by atoms with E-state index in [9.17, 15) is 0 Å². The van der Waals surface area contributed by atoms with Gasteiger partial charge in [0, 0.05) is 0 Å². The van der Waals surface area contributed by atoms with Gasteiger partial charge in [-0.15, -0.1) is 0 Å². The van der Waals surface area contributed by atoms with E-state index in [2.05, 4.69) is 83.1 Å². The smallest absolute Gasteiger partial charge is 0.0204 e. The van der Waals surface area contributed by atoms with Crippen molar-refractivity contribution >= 4 is 7.92 Å². The Labute approximate surface area is 217 Å². The summed E-state index contributed by atoms with van der Waals surface area (Å²) in [6, 6.07) is 0. The first kappa shape index (κ1) is 29.0. The second kappa shape index (κ2) is 9.63. The Bertz CT molecular complexity index is 562. The summed E-state index contributed by atoms with van der Waals surface area (Å²) in [4.78, 5) is 0. The fourth-order valence-electron chi connectivity index (χ4n) is 7.76. The van der Waals surface area contributed by atoms with Crippen LogP contribution in [-0.4, -0.2) is 17.0 Å². The predicted octanol–water partition coefficient (Wildman–Crippen LogP) is 11.5. The zero-order valence-corrected chi connectivity index (χ0v) is 26.6. The van der Waals surface area contributed by atoms with Crippen LogP contribution in [0.25, 0.3) is 0 Å². The summed E-state index contributed by atoms with van der Waals surface area (Å²) in [5, 5.41) is 0. The number of hydrogen-bond acceptors (Lipinski definition) is 0. The topological polar surface area (TPSA) is 0 Å². The molecule has 0 aliphatic heterocycles. The summed E-state index contributed by atoms with van der Waals surface area (Å²) in [5.74, 6) is 0. The summed E-state index contributed by atoms with van der Waals surface area (Å²) in [7, 11) is 0.153. The summed E-state index contributed by atoms with van der Waals surface area (Å²) < 4.78 is 0. The molecule has 3 rings (SSSR count). The molecule has 3 aliphatic carbocycles. The van der Waals surface area contributed by atoms with Crippen LogP contribution in [0.2, 0.25) is 0 Å². The molecule has 3 aliphatic rings. The van der Waals surface area contributed by atoms with Crippen LogP contribution in [0, 0.1) is 32.5 Å². The molecule has 0 saturated heterocycles. The fourth-order valence-corrected chi connectivity index (χ4v) is 12.1. The van der Waals surface area contributed by atoms with E-state index >= 15 is 0 Å². The van der Waals surface area contributed by atoms with Gasteiger partial charge in [0.05, 0.1) is 0 Å². The van der Waals surface area contributed by atoms with E-state index in [0.717, 1.165) is 17.0 Å². The molecule has 0 N–H and O–H groups in total. The SMILES string of the molecule is CC(C)(C)C1(C)CCC(P(C2CCC(C)(C(C)(C)C)CC2)C2CCC(C)(C(C)(C)C)CC2)CC1. The van der Waals surface area contributed by atoms with Crippen molar-refractivity contribution in [1.82, 2.24) is 0 Å². The van der Waals surface area contributed by atoms with Gasteiger partial charge in [0.1, 0.15) is 0 Å². The highest BCUT2D eigenvalue weighted by molar-refractivity contribution is 7.60. The molecule has 3 saturated carbocycles. The predicted molar refractivity (Wildman–Crippen MR) is 156 cm³/mol. The summed E-state index contributed by atoms with van der Waals surface area (Å²) in [6.07, 6.45) is 18.0. The van der Waals surface area contributed by atoms with Gasteiger partial charge in [-0.25, -0.2) is 0 Å². The maximum atomic E-state index is 2.61. The summed E-state index contributed by atoms with van der Waals surface area (Å²) in [5.41, 5.74) is 6.12. The maximum Gasteiger partial charge on any atom is -0.0204 e. The molecule has 0 atom stereocenters. The lowest BCUT2D eigenvalue weighted by atomic mass is 9.60. The van der Waals surface area contributed by atoms with Gasteiger partial charge in [-0.2, -0.15) is 0 Å². The first-order valence-corrected chi connectivity index (χ1v) is 16.6. The molecule has 0 amide bonds. The van der Waals surface area contributed by atoms with E-state index in [1.54, 1.807) is 0 Å². The van der Waals surface area contributed by atoms with Crippen LogP contribution in [0.15, 0.2) is 0 Å². The Morgan fingerprint density at radius 3 is 0.735 bits per heavy atom. The van der Waals surface area contributed by atoms with Crippen molar-refractivity contribution in [2.75, 3.05) is 0 Å². The van der Waals surface area contributed by atoms with Crippen LogP contribution in [0.3, 0.4) is 0 Å². The molecule has 0 nitrogen and oxygen atoms in total. The average Bonchev–Trinajstić information content (AvgIpc) is 2.70. The van der Waals surface area contributed by atoms with Gasteiger partial charge in [0.2, 0.25) is 0 Å². The Morgan fingerprint density at radius 1 is 0.412 bits per heavy atom. The Morgan fingerprint density at radius 2 is 0.588 bits per heavy atom. The van der Waals surface area contributed by atoms with E-state index in [1.807, 2.05) is 0 Å². The first-order chi connectivity index (χ1) is 15.3. The number of hydrogen-bond donors (Lipinski definition) is 0. The monoisotopic (exact) mass is 490 g/mol. The Balaban J connectivity index is 1.77. The van der Waals surface area contributed by atoms with Crippen molar-refractivity contribution in [3.05, 3.63) is 0 Å². The molecule has 0 aromatic heterocycles. The third-order valence-corrected chi connectivity index (χ3v) is 17.0. The number of rotatable bonds is 3. The van der Waals surface area contributed by atoms with Crippen LogP contribution < -0.4 is 0 Å². The molecule has 0 unspecified atom stereocenters. The fraction of sp³-hybridized carbons (Fsp3) is 1.00. The van der Waals surface area contributed by atoms with Crippen molar-refractivity contribution in [3.63, 3.8) is 0 Å². The molecular formula is C33H63P. The molecule has 3 fully saturated rings. The summed E-state index contributed by atoms with van der Waals surface area (Å²) in [6.45, 7) is 30.3. The molecule has 34 heavy (non-hydrogen) atoms. The van der Waals surface area contributed by atoms with Gasteiger partial charge < -0.3 is 0 Å². The molecule has 0 radical (unpaired) electrons. The largest absolute Gasteiger partial charge is 0.0971 e. The molecule has 0 aromatic carbocycles. The minimum atomic E-state index is 0.153. The van der Waals surface area contributed by atoms with Gasteiger partial charge in [0.25, 0.3) is 0 Å². The third kappa shape index (κ3) is 5.63. The second-order valence-electron chi connectivity index (χ2n) is 17.1. The Hall–Kier alpha value is 0.430. The molecule has 200 valence electrons. The second-order valence-corrected chi connectivity index (χ2v) is 20.2. The minimum Gasteiger partial charge on any atom is -0.0971 e. The van der Waals surface area contributed by atoms with Gasteiger partial charge in [0.15, 0.2) is 0 Å². The minimum absolute atomic E-state index is 0.153. The van der Waals surface area contributed by atoms with Gasteiger partial charge >= 0.3 is 0 Å². The quantitative estimate of drug-likeness (QED) is 0.345. The van der Waals surface area contributed by atoms with Crippen molar-refractivity contribution in [2.45, 2.75) is 177 Å². The van der Waals surface area contributed by atoms with E-state index in [1.165, 1.54) is 77.0 Å². The molecule has 0 spiro atoms. The van der Waals surface area contributed by atoms with E-state index in [0.29, 0.717) is 32.5 Å². The van der Waals surface area contributed by atoms with Gasteiger partial charge in [-0.1, -0.05) is 91.0 Å². The normalized spacial score (nSPS) is 41.8. The zero-order valence-electron chi connectivity index (χ0n) is 25.7. The van der Waals surface area contributed by atoms with Gasteiger partial charge in [-0.3, -0.25) is 0 Å². The van der Waals surface area contributed by atoms with Crippen LogP contribution in [0.1, 0.15) is 160 Å². The third-order valence-electron chi connectivity index (χ3n) is 12.9. The van der Waals surface area contributed by atoms with Crippen LogP contribution in [0.5, 0.6) is 0 Å². The van der Waals surface area contributed by atoms with Crippen molar-refractivity contribution in [1.29, 1.82) is 0 Å². The van der Waals surface area contributed by atoms with Crippen molar-refractivity contribution in [3.8, 4) is 0 Å². The van der Waals surface area contributed by atoms with Crippen LogP contribution in [-0.2, 0) is 0 Å². The Kier molecular flexibility index (Phi) is 8.21. The summed E-state index contributed by atoms with van der Waals surface area (Å²) >= 11 is 0. The highest BCUT2D eigenvalue weighted by Gasteiger charge is 2.49. The highest BCUT2D eigenvalue weighted by Crippen LogP contribution is 2.67. The molecule has 0 bridgehead atoms. The highest BCUT2D eigenvalue weighted by atomic mass is 31.1. The van der Waals surface area contributed by atoms with Gasteiger partial charge in [-0.05, 0) is 127 Å². The first-order valence-electron chi connectivity index (χ1n) is 15.1. The zero-order chi connectivity index (χ0) is 25.8. The average molecular weight is 491 g/mol.